The zero-order valence-electron chi connectivity index (χ0n) is 16.6. The number of hydrogen-bond acceptors (Lipinski definition) is 6. The molecule has 7 heteroatoms. The molecule has 1 N–H and O–H groups in total. The maximum absolute atomic E-state index is 12.3. The minimum Gasteiger partial charge on any atom is -0.497 e. The Bertz CT molecular complexity index is 1020. The average Bonchev–Trinajstić information content (AvgIpc) is 2.79. The molecule has 0 fully saturated rings. The fourth-order valence-electron chi connectivity index (χ4n) is 2.64. The zero-order valence-corrected chi connectivity index (χ0v) is 16.6. The third kappa shape index (κ3) is 5.29. The molecule has 30 heavy (non-hydrogen) atoms. The van der Waals surface area contributed by atoms with Gasteiger partial charge in [0, 0.05) is 6.07 Å². The minimum absolute atomic E-state index is 0.193. The van der Waals surface area contributed by atoms with Gasteiger partial charge < -0.3 is 24.3 Å². The molecule has 7 nitrogen and oxygen atoms in total. The quantitative estimate of drug-likeness (QED) is 0.561. The van der Waals surface area contributed by atoms with Crippen LogP contribution in [0.15, 0.2) is 72.8 Å². The van der Waals surface area contributed by atoms with E-state index in [4.69, 9.17) is 18.9 Å². The van der Waals surface area contributed by atoms with Crippen molar-refractivity contribution in [3.63, 3.8) is 0 Å². The first-order valence-electron chi connectivity index (χ1n) is 9.11. The highest BCUT2D eigenvalue weighted by Crippen LogP contribution is 2.29. The maximum atomic E-state index is 12.3. The van der Waals surface area contributed by atoms with E-state index in [2.05, 4.69) is 5.32 Å². The Morgan fingerprint density at radius 3 is 2.27 bits per heavy atom. The lowest BCUT2D eigenvalue weighted by Crippen LogP contribution is -2.21. The number of para-hydroxylation sites is 3. The van der Waals surface area contributed by atoms with Crippen LogP contribution in [0.1, 0.15) is 10.4 Å². The molecule has 0 bridgehead atoms. The van der Waals surface area contributed by atoms with Crippen molar-refractivity contribution in [1.29, 1.82) is 0 Å². The number of benzene rings is 3. The molecule has 3 aromatic rings. The molecule has 0 aliphatic heterocycles. The van der Waals surface area contributed by atoms with E-state index < -0.39 is 18.5 Å². The van der Waals surface area contributed by atoms with Crippen LogP contribution in [0.2, 0.25) is 0 Å². The van der Waals surface area contributed by atoms with E-state index in [9.17, 15) is 9.59 Å². The van der Waals surface area contributed by atoms with Crippen molar-refractivity contribution >= 4 is 17.6 Å². The largest absolute Gasteiger partial charge is 0.497 e. The van der Waals surface area contributed by atoms with E-state index in [0.29, 0.717) is 28.7 Å². The van der Waals surface area contributed by atoms with Gasteiger partial charge >= 0.3 is 5.97 Å². The van der Waals surface area contributed by atoms with E-state index >= 15 is 0 Å². The van der Waals surface area contributed by atoms with Gasteiger partial charge in [0.05, 0.1) is 19.9 Å². The molecular formula is C23H21NO6. The zero-order chi connectivity index (χ0) is 21.3. The molecular weight excluding hydrogens is 386 g/mol. The number of ether oxygens (including phenoxy) is 4. The molecule has 0 saturated heterocycles. The number of hydrogen-bond donors (Lipinski definition) is 1. The smallest absolute Gasteiger partial charge is 0.342 e. The van der Waals surface area contributed by atoms with Gasteiger partial charge in [0.2, 0.25) is 0 Å². The molecule has 0 heterocycles. The van der Waals surface area contributed by atoms with Crippen LogP contribution in [-0.2, 0) is 9.53 Å². The molecule has 0 unspecified atom stereocenters. The predicted molar refractivity (Wildman–Crippen MR) is 111 cm³/mol. The van der Waals surface area contributed by atoms with E-state index in [0.717, 1.165) is 0 Å². The highest BCUT2D eigenvalue weighted by atomic mass is 16.5. The molecule has 3 rings (SSSR count). The lowest BCUT2D eigenvalue weighted by Gasteiger charge is -2.13. The first kappa shape index (κ1) is 20.7. The number of amides is 1. The molecule has 0 aliphatic carbocycles. The van der Waals surface area contributed by atoms with E-state index in [-0.39, 0.29) is 5.56 Å². The van der Waals surface area contributed by atoms with Crippen LogP contribution in [0.4, 0.5) is 5.69 Å². The van der Waals surface area contributed by atoms with Gasteiger partial charge in [0.1, 0.15) is 22.8 Å². The highest BCUT2D eigenvalue weighted by Gasteiger charge is 2.17. The van der Waals surface area contributed by atoms with Crippen LogP contribution in [0, 0.1) is 0 Å². The Kier molecular flexibility index (Phi) is 6.89. The topological polar surface area (TPSA) is 83.1 Å². The third-order valence-corrected chi connectivity index (χ3v) is 4.10. The monoisotopic (exact) mass is 407 g/mol. The molecule has 0 spiro atoms. The summed E-state index contributed by atoms with van der Waals surface area (Å²) in [6.45, 7) is -0.465. The first-order valence-corrected chi connectivity index (χ1v) is 9.11. The highest BCUT2D eigenvalue weighted by molar-refractivity contribution is 5.97. The van der Waals surface area contributed by atoms with E-state index in [1.54, 1.807) is 36.4 Å². The number of anilines is 1. The summed E-state index contributed by atoms with van der Waals surface area (Å²) in [6, 6.07) is 20.9. The van der Waals surface area contributed by atoms with Crippen molar-refractivity contribution in [2.24, 2.45) is 0 Å². The van der Waals surface area contributed by atoms with E-state index in [1.165, 1.54) is 20.3 Å². The summed E-state index contributed by atoms with van der Waals surface area (Å²) >= 11 is 0. The van der Waals surface area contributed by atoms with Gasteiger partial charge in [0.25, 0.3) is 5.91 Å². The van der Waals surface area contributed by atoms with Gasteiger partial charge in [-0.25, -0.2) is 4.79 Å². The second-order valence-electron chi connectivity index (χ2n) is 6.10. The average molecular weight is 407 g/mol. The summed E-state index contributed by atoms with van der Waals surface area (Å²) in [5, 5.41) is 2.69. The van der Waals surface area contributed by atoms with Crippen molar-refractivity contribution in [1.82, 2.24) is 0 Å². The number of esters is 1. The SMILES string of the molecule is COc1ccc(C(=O)OCC(=O)Nc2ccccc2Oc2ccccc2)c(OC)c1. The van der Waals surface area contributed by atoms with Gasteiger partial charge in [0.15, 0.2) is 12.4 Å². The van der Waals surface area contributed by atoms with Crippen LogP contribution >= 0.6 is 0 Å². The molecule has 154 valence electrons. The number of carbonyl (C=O) groups excluding carboxylic acids is 2. The number of rotatable bonds is 8. The Hall–Kier alpha value is -4.00. The van der Waals surface area contributed by atoms with Crippen LogP contribution in [-0.4, -0.2) is 32.7 Å². The molecule has 0 aliphatic rings. The van der Waals surface area contributed by atoms with Crippen molar-refractivity contribution in [2.75, 3.05) is 26.1 Å². The molecule has 3 aromatic carbocycles. The van der Waals surface area contributed by atoms with Gasteiger partial charge in [-0.1, -0.05) is 30.3 Å². The summed E-state index contributed by atoms with van der Waals surface area (Å²) in [7, 11) is 2.94. The minimum atomic E-state index is -0.682. The van der Waals surface area contributed by atoms with Crippen molar-refractivity contribution in [3.8, 4) is 23.0 Å². The standard InChI is InChI=1S/C23H21NO6/c1-27-17-12-13-18(21(14-17)28-2)23(26)29-15-22(25)24-19-10-6-7-11-20(19)30-16-8-4-3-5-9-16/h3-14H,15H2,1-2H3,(H,24,25). The second kappa shape index (κ2) is 9.97. The molecule has 0 radical (unpaired) electrons. The lowest BCUT2D eigenvalue weighted by atomic mass is 10.2. The first-order chi connectivity index (χ1) is 14.6. The Balaban J connectivity index is 1.62. The lowest BCUT2D eigenvalue weighted by molar-refractivity contribution is -0.119. The molecule has 0 aromatic heterocycles. The predicted octanol–water partition coefficient (Wildman–Crippen LogP) is 4.29. The summed E-state index contributed by atoms with van der Waals surface area (Å²) in [6.07, 6.45) is 0. The fourth-order valence-corrected chi connectivity index (χ4v) is 2.64. The number of methoxy groups -OCH3 is 2. The van der Waals surface area contributed by atoms with Gasteiger partial charge in [-0.2, -0.15) is 0 Å². The van der Waals surface area contributed by atoms with Crippen LogP contribution in [0.25, 0.3) is 0 Å². The van der Waals surface area contributed by atoms with E-state index in [1.807, 2.05) is 30.3 Å². The normalized spacial score (nSPS) is 10.1. The van der Waals surface area contributed by atoms with Crippen molar-refractivity contribution in [3.05, 3.63) is 78.4 Å². The number of carbonyl (C=O) groups is 2. The van der Waals surface area contributed by atoms with Crippen molar-refractivity contribution in [2.45, 2.75) is 0 Å². The molecule has 0 saturated carbocycles. The van der Waals surface area contributed by atoms with Crippen molar-refractivity contribution < 1.29 is 28.5 Å². The molecule has 0 atom stereocenters. The van der Waals surface area contributed by atoms with Crippen LogP contribution < -0.4 is 19.5 Å². The summed E-state index contributed by atoms with van der Waals surface area (Å²) in [5.41, 5.74) is 0.656. The maximum Gasteiger partial charge on any atom is 0.342 e. The second-order valence-corrected chi connectivity index (χ2v) is 6.10. The summed E-state index contributed by atoms with van der Waals surface area (Å²) in [4.78, 5) is 24.7. The van der Waals surface area contributed by atoms with Crippen LogP contribution in [0.3, 0.4) is 0 Å². The fraction of sp³-hybridized carbons (Fsp3) is 0.130. The van der Waals surface area contributed by atoms with Gasteiger partial charge in [-0.3, -0.25) is 4.79 Å². The molecule has 1 amide bonds. The van der Waals surface area contributed by atoms with Gasteiger partial charge in [-0.05, 0) is 36.4 Å². The Labute approximate surface area is 174 Å². The van der Waals surface area contributed by atoms with Crippen LogP contribution in [0.5, 0.6) is 23.0 Å². The third-order valence-electron chi connectivity index (χ3n) is 4.10. The summed E-state index contributed by atoms with van der Waals surface area (Å²) < 4.78 is 21.2. The van der Waals surface area contributed by atoms with Gasteiger partial charge in [-0.15, -0.1) is 0 Å². The summed E-state index contributed by atoms with van der Waals surface area (Å²) in [5.74, 6) is 0.758. The number of nitrogens with one attached hydrogen (secondary N) is 1. The Morgan fingerprint density at radius 2 is 1.53 bits per heavy atom. The Morgan fingerprint density at radius 1 is 0.800 bits per heavy atom.